The molecule has 7 nitrogen and oxygen atoms in total. The maximum absolute atomic E-state index is 13.2. The third-order valence-electron chi connectivity index (χ3n) is 4.94. The van der Waals surface area contributed by atoms with Crippen LogP contribution in [-0.4, -0.2) is 35.1 Å². The molecule has 0 heterocycles. The molecule has 0 atom stereocenters. The molecule has 0 saturated carbocycles. The van der Waals surface area contributed by atoms with Gasteiger partial charge in [0.1, 0.15) is 0 Å². The first-order chi connectivity index (χ1) is 15.4. The van der Waals surface area contributed by atoms with E-state index in [1.807, 2.05) is 12.1 Å². The lowest BCUT2D eigenvalue weighted by molar-refractivity contribution is 0.0950. The summed E-state index contributed by atoms with van der Waals surface area (Å²) in [5, 5.41) is 2.81. The zero-order valence-corrected chi connectivity index (χ0v) is 19.1. The van der Waals surface area contributed by atoms with Gasteiger partial charge in [-0.2, -0.15) is 0 Å². The molecular formula is C24H26N2O5S. The Bertz CT molecular complexity index is 1180. The Labute approximate surface area is 188 Å². The number of nitrogens with one attached hydrogen (secondary N) is 1. The molecule has 1 N–H and O–H groups in total. The first kappa shape index (κ1) is 23.1. The molecule has 3 aromatic carbocycles. The molecule has 0 aliphatic rings. The van der Waals surface area contributed by atoms with Crippen LogP contribution in [-0.2, 0) is 16.6 Å². The lowest BCUT2D eigenvalue weighted by atomic mass is 10.1. The summed E-state index contributed by atoms with van der Waals surface area (Å²) in [6.07, 6.45) is 0. The minimum Gasteiger partial charge on any atom is -0.493 e. The van der Waals surface area contributed by atoms with Crippen molar-refractivity contribution in [1.82, 2.24) is 5.32 Å². The van der Waals surface area contributed by atoms with Crippen LogP contribution in [0, 0.1) is 0 Å². The molecular weight excluding hydrogens is 428 g/mol. The molecule has 8 heteroatoms. The molecule has 0 fully saturated rings. The van der Waals surface area contributed by atoms with E-state index >= 15 is 0 Å². The van der Waals surface area contributed by atoms with Crippen LogP contribution in [0.15, 0.2) is 77.7 Å². The molecule has 3 aromatic rings. The number of sulfonamides is 1. The smallest absolute Gasteiger partial charge is 0.264 e. The number of hydrogen-bond donors (Lipinski definition) is 1. The highest BCUT2D eigenvalue weighted by Crippen LogP contribution is 2.30. The fraction of sp³-hybridized carbons (Fsp3) is 0.208. The van der Waals surface area contributed by atoms with Crippen molar-refractivity contribution in [3.8, 4) is 11.5 Å². The van der Waals surface area contributed by atoms with Gasteiger partial charge in [0.2, 0.25) is 0 Å². The van der Waals surface area contributed by atoms with Crippen LogP contribution in [0.2, 0.25) is 0 Å². The van der Waals surface area contributed by atoms with Crippen LogP contribution in [0.25, 0.3) is 0 Å². The average Bonchev–Trinajstić information content (AvgIpc) is 2.83. The quantitative estimate of drug-likeness (QED) is 0.531. The summed E-state index contributed by atoms with van der Waals surface area (Å²) in [6.45, 7) is 2.22. The molecule has 0 bridgehead atoms. The van der Waals surface area contributed by atoms with Crippen molar-refractivity contribution in [2.75, 3.05) is 25.1 Å². The van der Waals surface area contributed by atoms with E-state index in [2.05, 4.69) is 5.32 Å². The zero-order chi connectivity index (χ0) is 23.1. The molecule has 0 aliphatic carbocycles. The summed E-state index contributed by atoms with van der Waals surface area (Å²) in [4.78, 5) is 12.8. The van der Waals surface area contributed by atoms with Gasteiger partial charge in [0.05, 0.1) is 24.8 Å². The highest BCUT2D eigenvalue weighted by molar-refractivity contribution is 7.92. The Hall–Kier alpha value is -3.52. The number of carbonyl (C=O) groups is 1. The van der Waals surface area contributed by atoms with Gasteiger partial charge in [-0.15, -0.1) is 0 Å². The maximum atomic E-state index is 13.2. The van der Waals surface area contributed by atoms with E-state index in [1.54, 1.807) is 62.6 Å². The van der Waals surface area contributed by atoms with Gasteiger partial charge in [0.25, 0.3) is 15.9 Å². The second-order valence-electron chi connectivity index (χ2n) is 6.87. The highest BCUT2D eigenvalue weighted by atomic mass is 32.2. The predicted molar refractivity (Wildman–Crippen MR) is 124 cm³/mol. The Morgan fingerprint density at radius 3 is 2.31 bits per heavy atom. The Morgan fingerprint density at radius 1 is 0.938 bits per heavy atom. The summed E-state index contributed by atoms with van der Waals surface area (Å²) >= 11 is 0. The lowest BCUT2D eigenvalue weighted by Gasteiger charge is -2.23. The van der Waals surface area contributed by atoms with Crippen molar-refractivity contribution in [3.63, 3.8) is 0 Å². The van der Waals surface area contributed by atoms with Crippen LogP contribution >= 0.6 is 0 Å². The molecule has 0 aliphatic heterocycles. The van der Waals surface area contributed by atoms with E-state index in [1.165, 1.54) is 23.5 Å². The Kier molecular flexibility index (Phi) is 7.37. The summed E-state index contributed by atoms with van der Waals surface area (Å²) < 4.78 is 38.5. The number of carbonyl (C=O) groups excluding carboxylic acids is 1. The van der Waals surface area contributed by atoms with Gasteiger partial charge in [0.15, 0.2) is 11.5 Å². The van der Waals surface area contributed by atoms with Crippen molar-refractivity contribution >= 4 is 21.6 Å². The van der Waals surface area contributed by atoms with Gasteiger partial charge in [-0.1, -0.05) is 36.4 Å². The van der Waals surface area contributed by atoms with Crippen molar-refractivity contribution in [2.45, 2.75) is 18.4 Å². The number of hydrogen-bond acceptors (Lipinski definition) is 5. The largest absolute Gasteiger partial charge is 0.493 e. The van der Waals surface area contributed by atoms with Crippen LogP contribution < -0.4 is 19.1 Å². The van der Waals surface area contributed by atoms with Gasteiger partial charge in [0, 0.05) is 24.2 Å². The summed E-state index contributed by atoms with van der Waals surface area (Å²) in [5.74, 6) is 0.704. The Morgan fingerprint density at radius 2 is 1.66 bits per heavy atom. The lowest BCUT2D eigenvalue weighted by Crippen LogP contribution is -2.31. The molecule has 0 radical (unpaired) electrons. The Balaban J connectivity index is 1.82. The van der Waals surface area contributed by atoms with E-state index in [0.29, 0.717) is 17.2 Å². The molecule has 0 spiro atoms. The molecule has 0 aromatic heterocycles. The van der Waals surface area contributed by atoms with E-state index in [9.17, 15) is 13.2 Å². The number of ether oxygens (including phenoxy) is 2. The molecule has 1 amide bonds. The normalized spacial score (nSPS) is 11.0. The SMILES string of the molecule is CCN(c1ccccc1)S(=O)(=O)c1cccc(C(=O)NCc2cccc(OC)c2OC)c1. The fourth-order valence-corrected chi connectivity index (χ4v) is 4.90. The molecule has 0 saturated heterocycles. The number of methoxy groups -OCH3 is 2. The molecule has 32 heavy (non-hydrogen) atoms. The van der Waals surface area contributed by atoms with Gasteiger partial charge in [-0.3, -0.25) is 9.10 Å². The van der Waals surface area contributed by atoms with Gasteiger partial charge in [-0.05, 0) is 43.3 Å². The van der Waals surface area contributed by atoms with Gasteiger partial charge < -0.3 is 14.8 Å². The van der Waals surface area contributed by atoms with Crippen LogP contribution in [0.1, 0.15) is 22.8 Å². The summed E-state index contributed by atoms with van der Waals surface area (Å²) in [7, 11) is -0.756. The number of rotatable bonds is 9. The van der Waals surface area contributed by atoms with Crippen molar-refractivity contribution < 1.29 is 22.7 Å². The number of para-hydroxylation sites is 2. The van der Waals surface area contributed by atoms with E-state index in [-0.39, 0.29) is 23.5 Å². The molecule has 168 valence electrons. The second kappa shape index (κ2) is 10.2. The number of anilines is 1. The third kappa shape index (κ3) is 4.86. The minimum atomic E-state index is -3.83. The van der Waals surface area contributed by atoms with E-state index in [4.69, 9.17) is 9.47 Å². The third-order valence-corrected chi connectivity index (χ3v) is 6.84. The van der Waals surface area contributed by atoms with Crippen molar-refractivity contribution in [2.24, 2.45) is 0 Å². The fourth-order valence-electron chi connectivity index (χ4n) is 3.38. The van der Waals surface area contributed by atoms with Gasteiger partial charge in [-0.25, -0.2) is 8.42 Å². The van der Waals surface area contributed by atoms with E-state index in [0.717, 1.165) is 5.56 Å². The van der Waals surface area contributed by atoms with Crippen molar-refractivity contribution in [3.05, 3.63) is 83.9 Å². The van der Waals surface area contributed by atoms with Gasteiger partial charge >= 0.3 is 0 Å². The molecule has 0 unspecified atom stereocenters. The van der Waals surface area contributed by atoms with Crippen molar-refractivity contribution in [1.29, 1.82) is 0 Å². The number of nitrogens with zero attached hydrogens (tertiary/aromatic N) is 1. The highest BCUT2D eigenvalue weighted by Gasteiger charge is 2.24. The first-order valence-corrected chi connectivity index (χ1v) is 11.5. The topological polar surface area (TPSA) is 84.9 Å². The summed E-state index contributed by atoms with van der Waals surface area (Å²) in [6, 6.07) is 20.3. The first-order valence-electron chi connectivity index (χ1n) is 10.1. The number of amides is 1. The maximum Gasteiger partial charge on any atom is 0.264 e. The van der Waals surface area contributed by atoms with Crippen LogP contribution in [0.3, 0.4) is 0 Å². The standard InChI is InChI=1S/C24H26N2O5S/c1-4-26(20-12-6-5-7-13-20)32(28,29)21-14-8-10-18(16-21)24(27)25-17-19-11-9-15-22(30-2)23(19)31-3/h5-16H,4,17H2,1-3H3,(H,25,27). The minimum absolute atomic E-state index is 0.0508. The average molecular weight is 455 g/mol. The monoisotopic (exact) mass is 454 g/mol. The van der Waals surface area contributed by atoms with Crippen LogP contribution in [0.5, 0.6) is 11.5 Å². The molecule has 3 rings (SSSR count). The van der Waals surface area contributed by atoms with Crippen LogP contribution in [0.4, 0.5) is 5.69 Å². The summed E-state index contributed by atoms with van der Waals surface area (Å²) in [5.41, 5.74) is 1.55. The number of benzene rings is 3. The van der Waals surface area contributed by atoms with E-state index < -0.39 is 15.9 Å². The second-order valence-corrected chi connectivity index (χ2v) is 8.73. The predicted octanol–water partition coefficient (Wildman–Crippen LogP) is 3.85. The zero-order valence-electron chi connectivity index (χ0n) is 18.2.